The molecule has 2 heteroatoms. The van der Waals surface area contributed by atoms with Crippen molar-refractivity contribution in [2.75, 3.05) is 6.54 Å². The van der Waals surface area contributed by atoms with E-state index in [4.69, 9.17) is 0 Å². The lowest BCUT2D eigenvalue weighted by atomic mass is 9.73. The Bertz CT molecular complexity index is 349. The first kappa shape index (κ1) is 17.3. The Labute approximate surface area is 125 Å². The van der Waals surface area contributed by atoms with Crippen LogP contribution in [0.2, 0.25) is 0 Å². The number of hydrogen-bond acceptors (Lipinski definition) is 2. The summed E-state index contributed by atoms with van der Waals surface area (Å²) in [6.07, 6.45) is 4.45. The molecule has 0 heterocycles. The van der Waals surface area contributed by atoms with Crippen molar-refractivity contribution in [2.24, 2.45) is 22.7 Å². The molecule has 0 aromatic rings. The van der Waals surface area contributed by atoms with Gasteiger partial charge in [0.1, 0.15) is 5.78 Å². The third-order valence-corrected chi connectivity index (χ3v) is 4.47. The standard InChI is InChI=1S/C18H33NO/c1-13(17(2,3)4)19-12-14-8-10-15(11-9-14)16(20)18(5,6)7/h14-15,19H,1,8-12H2,2-7H3. The number of carbonyl (C=O) groups is 1. The van der Waals surface area contributed by atoms with Crippen LogP contribution in [0.1, 0.15) is 67.2 Å². The predicted octanol–water partition coefficient (Wildman–Crippen LogP) is 4.56. The summed E-state index contributed by atoms with van der Waals surface area (Å²) in [5.74, 6) is 1.43. The number of rotatable bonds is 4. The van der Waals surface area contributed by atoms with Gasteiger partial charge in [-0.15, -0.1) is 0 Å². The zero-order valence-electron chi connectivity index (χ0n) is 14.3. The second-order valence-electron chi connectivity index (χ2n) is 8.44. The Morgan fingerprint density at radius 2 is 1.50 bits per heavy atom. The van der Waals surface area contributed by atoms with Crippen molar-refractivity contribution in [3.05, 3.63) is 12.3 Å². The van der Waals surface area contributed by atoms with Crippen LogP contribution in [0, 0.1) is 22.7 Å². The number of Topliss-reactive ketones (excluding diaryl/α,β-unsaturated/α-hetero) is 1. The summed E-state index contributed by atoms with van der Waals surface area (Å²) in [7, 11) is 0. The maximum atomic E-state index is 12.3. The molecule has 0 amide bonds. The van der Waals surface area contributed by atoms with Crippen LogP contribution in [0.3, 0.4) is 0 Å². The Hall–Kier alpha value is -0.790. The molecule has 0 saturated heterocycles. The molecule has 2 nitrogen and oxygen atoms in total. The van der Waals surface area contributed by atoms with Gasteiger partial charge in [0.15, 0.2) is 0 Å². The number of nitrogens with one attached hydrogen (secondary N) is 1. The molecule has 1 aliphatic carbocycles. The minimum absolute atomic E-state index is 0.124. The minimum atomic E-state index is -0.184. The molecule has 1 saturated carbocycles. The highest BCUT2D eigenvalue weighted by Crippen LogP contribution is 2.34. The molecule has 1 fully saturated rings. The molecule has 0 radical (unpaired) electrons. The molecule has 1 aliphatic rings. The highest BCUT2D eigenvalue weighted by atomic mass is 16.1. The molecular weight excluding hydrogens is 246 g/mol. The Balaban J connectivity index is 2.37. The number of carbonyl (C=O) groups excluding carboxylic acids is 1. The van der Waals surface area contributed by atoms with Gasteiger partial charge >= 0.3 is 0 Å². The maximum absolute atomic E-state index is 12.3. The van der Waals surface area contributed by atoms with Gasteiger partial charge in [-0.1, -0.05) is 48.1 Å². The largest absolute Gasteiger partial charge is 0.388 e. The summed E-state index contributed by atoms with van der Waals surface area (Å²) in [4.78, 5) is 12.3. The Morgan fingerprint density at radius 3 is 1.90 bits per heavy atom. The highest BCUT2D eigenvalue weighted by Gasteiger charge is 2.32. The van der Waals surface area contributed by atoms with E-state index in [-0.39, 0.29) is 16.7 Å². The summed E-state index contributed by atoms with van der Waals surface area (Å²) < 4.78 is 0. The molecule has 0 bridgehead atoms. The lowest BCUT2D eigenvalue weighted by Gasteiger charge is -2.33. The van der Waals surface area contributed by atoms with Crippen molar-refractivity contribution < 1.29 is 4.79 Å². The van der Waals surface area contributed by atoms with Gasteiger partial charge in [0.25, 0.3) is 0 Å². The Morgan fingerprint density at radius 1 is 1.00 bits per heavy atom. The molecule has 0 atom stereocenters. The number of ketones is 1. The first-order chi connectivity index (χ1) is 9.01. The van der Waals surface area contributed by atoms with E-state index in [2.05, 4.69) is 32.7 Å². The average Bonchev–Trinajstić information content (AvgIpc) is 2.33. The monoisotopic (exact) mass is 279 g/mol. The quantitative estimate of drug-likeness (QED) is 0.817. The van der Waals surface area contributed by atoms with Crippen LogP contribution in [0.5, 0.6) is 0 Å². The predicted molar refractivity (Wildman–Crippen MR) is 86.5 cm³/mol. The van der Waals surface area contributed by atoms with E-state index in [1.54, 1.807) is 0 Å². The van der Waals surface area contributed by atoms with Gasteiger partial charge in [0.05, 0.1) is 0 Å². The lowest BCUT2D eigenvalue weighted by molar-refractivity contribution is -0.131. The van der Waals surface area contributed by atoms with Crippen molar-refractivity contribution in [1.29, 1.82) is 0 Å². The van der Waals surface area contributed by atoms with Gasteiger partial charge in [-0.25, -0.2) is 0 Å². The summed E-state index contributed by atoms with van der Waals surface area (Å²) in [5, 5.41) is 3.49. The van der Waals surface area contributed by atoms with Crippen LogP contribution in [0.15, 0.2) is 12.3 Å². The fraction of sp³-hybridized carbons (Fsp3) is 0.833. The molecule has 1 rings (SSSR count). The van der Waals surface area contributed by atoms with Gasteiger partial charge in [0, 0.05) is 29.0 Å². The smallest absolute Gasteiger partial charge is 0.141 e. The SMILES string of the molecule is C=C(NCC1CCC(C(=O)C(C)(C)C)CC1)C(C)(C)C. The first-order valence-electron chi connectivity index (χ1n) is 7.99. The van der Waals surface area contributed by atoms with Crippen LogP contribution < -0.4 is 5.32 Å². The number of hydrogen-bond donors (Lipinski definition) is 1. The van der Waals surface area contributed by atoms with Crippen molar-refractivity contribution in [3.63, 3.8) is 0 Å². The van der Waals surface area contributed by atoms with Crippen LogP contribution >= 0.6 is 0 Å². The average molecular weight is 279 g/mol. The molecule has 20 heavy (non-hydrogen) atoms. The van der Waals surface area contributed by atoms with Gasteiger partial charge in [-0.3, -0.25) is 4.79 Å². The van der Waals surface area contributed by atoms with Crippen LogP contribution in [0.4, 0.5) is 0 Å². The van der Waals surface area contributed by atoms with Crippen LogP contribution in [0.25, 0.3) is 0 Å². The van der Waals surface area contributed by atoms with Crippen molar-refractivity contribution >= 4 is 5.78 Å². The van der Waals surface area contributed by atoms with Crippen molar-refractivity contribution in [2.45, 2.75) is 67.2 Å². The van der Waals surface area contributed by atoms with E-state index >= 15 is 0 Å². The van der Waals surface area contributed by atoms with Crippen molar-refractivity contribution in [1.82, 2.24) is 5.32 Å². The third kappa shape index (κ3) is 4.96. The summed E-state index contributed by atoms with van der Waals surface area (Å²) in [6, 6.07) is 0. The summed E-state index contributed by atoms with van der Waals surface area (Å²) >= 11 is 0. The van der Waals surface area contributed by atoms with E-state index in [0.717, 1.165) is 37.9 Å². The minimum Gasteiger partial charge on any atom is -0.388 e. The van der Waals surface area contributed by atoms with Crippen molar-refractivity contribution in [3.8, 4) is 0 Å². The molecule has 1 N–H and O–H groups in total. The van der Waals surface area contributed by atoms with E-state index in [1.165, 1.54) is 0 Å². The normalized spacial score (nSPS) is 24.3. The molecule has 0 aromatic carbocycles. The second kappa shape index (κ2) is 6.32. The summed E-state index contributed by atoms with van der Waals surface area (Å²) in [6.45, 7) is 17.8. The van der Waals surface area contributed by atoms with Gasteiger partial charge < -0.3 is 5.32 Å². The maximum Gasteiger partial charge on any atom is 0.141 e. The molecular formula is C18H33NO. The fourth-order valence-electron chi connectivity index (χ4n) is 2.77. The highest BCUT2D eigenvalue weighted by molar-refractivity contribution is 5.85. The van der Waals surface area contributed by atoms with Gasteiger partial charge in [0.2, 0.25) is 0 Å². The molecule has 0 spiro atoms. The molecule has 0 aromatic heterocycles. The second-order valence-corrected chi connectivity index (χ2v) is 8.44. The van der Waals surface area contributed by atoms with Crippen LogP contribution in [-0.2, 0) is 4.79 Å². The number of allylic oxidation sites excluding steroid dienone is 1. The van der Waals surface area contributed by atoms with E-state index < -0.39 is 0 Å². The van der Waals surface area contributed by atoms with E-state index in [0.29, 0.717) is 11.7 Å². The fourth-order valence-corrected chi connectivity index (χ4v) is 2.77. The molecule has 0 unspecified atom stereocenters. The summed E-state index contributed by atoms with van der Waals surface area (Å²) in [5.41, 5.74) is 1.06. The topological polar surface area (TPSA) is 29.1 Å². The van der Waals surface area contributed by atoms with Crippen LogP contribution in [-0.4, -0.2) is 12.3 Å². The molecule has 0 aliphatic heterocycles. The lowest BCUT2D eigenvalue weighted by Crippen LogP contribution is -2.34. The van der Waals surface area contributed by atoms with E-state index in [9.17, 15) is 4.79 Å². The van der Waals surface area contributed by atoms with Gasteiger partial charge in [-0.05, 0) is 31.6 Å². The zero-order valence-corrected chi connectivity index (χ0v) is 14.3. The third-order valence-electron chi connectivity index (χ3n) is 4.47. The van der Waals surface area contributed by atoms with Gasteiger partial charge in [-0.2, -0.15) is 0 Å². The zero-order chi connectivity index (χ0) is 15.6. The molecule has 116 valence electrons. The first-order valence-corrected chi connectivity index (χ1v) is 7.99. The van der Waals surface area contributed by atoms with E-state index in [1.807, 2.05) is 20.8 Å². The Kier molecular flexibility index (Phi) is 5.46.